The molecule has 0 aromatic heterocycles. The summed E-state index contributed by atoms with van der Waals surface area (Å²) in [6.07, 6.45) is 5.88. The van der Waals surface area contributed by atoms with Gasteiger partial charge in [-0.05, 0) is 31.7 Å². The Hall–Kier alpha value is -0.120. The zero-order valence-corrected chi connectivity index (χ0v) is 10.3. The van der Waals surface area contributed by atoms with Crippen LogP contribution in [0.4, 0.5) is 0 Å². The first-order valence-corrected chi connectivity index (χ1v) is 7.09. The molecule has 2 saturated heterocycles. The lowest BCUT2D eigenvalue weighted by molar-refractivity contribution is 0.157. The van der Waals surface area contributed by atoms with Gasteiger partial charge in [-0.3, -0.25) is 4.90 Å². The number of nitrogens with zero attached hydrogens (tertiary/aromatic N) is 2. The van der Waals surface area contributed by atoms with Crippen LogP contribution in [0.25, 0.3) is 0 Å². The molecule has 0 aromatic carbocycles. The van der Waals surface area contributed by atoms with Gasteiger partial charge in [0.15, 0.2) is 0 Å². The van der Waals surface area contributed by atoms with Crippen LogP contribution in [0.3, 0.4) is 0 Å². The van der Waals surface area contributed by atoms with E-state index in [1.165, 1.54) is 71.5 Å². The number of hydrogen-bond donors (Lipinski definition) is 1. The van der Waals surface area contributed by atoms with Gasteiger partial charge in [-0.25, -0.2) is 0 Å². The highest BCUT2D eigenvalue weighted by molar-refractivity contribution is 4.87. The van der Waals surface area contributed by atoms with Crippen molar-refractivity contribution >= 4 is 0 Å². The number of rotatable bonds is 3. The first kappa shape index (κ1) is 11.0. The molecule has 1 unspecified atom stereocenters. The Morgan fingerprint density at radius 2 is 1.81 bits per heavy atom. The number of hydrogen-bond acceptors (Lipinski definition) is 3. The van der Waals surface area contributed by atoms with Crippen LogP contribution in [0.1, 0.15) is 25.7 Å². The Balaban J connectivity index is 1.44. The van der Waals surface area contributed by atoms with E-state index < -0.39 is 0 Å². The average Bonchev–Trinajstić information content (AvgIpc) is 2.73. The monoisotopic (exact) mass is 223 g/mol. The lowest BCUT2D eigenvalue weighted by Crippen LogP contribution is -2.49. The van der Waals surface area contributed by atoms with E-state index in [1.807, 2.05) is 0 Å². The zero-order valence-electron chi connectivity index (χ0n) is 10.3. The molecule has 2 heterocycles. The molecule has 0 bridgehead atoms. The van der Waals surface area contributed by atoms with Crippen LogP contribution >= 0.6 is 0 Å². The van der Waals surface area contributed by atoms with E-state index in [0.717, 1.165) is 12.0 Å². The average molecular weight is 223 g/mol. The smallest absolute Gasteiger partial charge is 0.0236 e. The van der Waals surface area contributed by atoms with Crippen molar-refractivity contribution in [1.82, 2.24) is 15.1 Å². The topological polar surface area (TPSA) is 18.5 Å². The molecule has 16 heavy (non-hydrogen) atoms. The summed E-state index contributed by atoms with van der Waals surface area (Å²) in [5.41, 5.74) is 0. The highest BCUT2D eigenvalue weighted by atomic mass is 15.3. The van der Waals surface area contributed by atoms with Crippen molar-refractivity contribution < 1.29 is 0 Å². The predicted octanol–water partition coefficient (Wildman–Crippen LogP) is 0.766. The van der Waals surface area contributed by atoms with Crippen LogP contribution in [-0.2, 0) is 0 Å². The van der Waals surface area contributed by atoms with Crippen molar-refractivity contribution in [3.63, 3.8) is 0 Å². The van der Waals surface area contributed by atoms with Gasteiger partial charge in [0.2, 0.25) is 0 Å². The van der Waals surface area contributed by atoms with Crippen LogP contribution in [0, 0.1) is 5.92 Å². The number of nitrogens with one attached hydrogen (secondary N) is 1. The van der Waals surface area contributed by atoms with E-state index in [0.29, 0.717) is 0 Å². The molecule has 3 aliphatic rings. The minimum absolute atomic E-state index is 0.863. The molecule has 0 radical (unpaired) electrons. The fraction of sp³-hybridized carbons (Fsp3) is 1.00. The van der Waals surface area contributed by atoms with E-state index in [1.54, 1.807) is 0 Å². The lowest BCUT2D eigenvalue weighted by Gasteiger charge is -2.34. The Morgan fingerprint density at radius 1 is 1.00 bits per heavy atom. The highest BCUT2D eigenvalue weighted by Crippen LogP contribution is 2.28. The Kier molecular flexibility index (Phi) is 3.46. The molecular formula is C13H25N3. The van der Waals surface area contributed by atoms with Gasteiger partial charge in [0.25, 0.3) is 0 Å². The minimum Gasteiger partial charge on any atom is -0.314 e. The van der Waals surface area contributed by atoms with Gasteiger partial charge in [0.05, 0.1) is 0 Å². The molecule has 1 aliphatic carbocycles. The van der Waals surface area contributed by atoms with Crippen molar-refractivity contribution in [2.45, 2.75) is 31.7 Å². The Bertz CT molecular complexity index is 221. The van der Waals surface area contributed by atoms with Gasteiger partial charge in [-0.1, -0.05) is 6.42 Å². The number of piperazine rings is 1. The van der Waals surface area contributed by atoms with Crippen LogP contribution in [0.2, 0.25) is 0 Å². The fourth-order valence-electron chi connectivity index (χ4n) is 3.36. The molecule has 3 fully saturated rings. The summed E-state index contributed by atoms with van der Waals surface area (Å²) in [7, 11) is 0. The third-order valence-electron chi connectivity index (χ3n) is 4.66. The van der Waals surface area contributed by atoms with Crippen molar-refractivity contribution in [3.8, 4) is 0 Å². The molecule has 2 aliphatic heterocycles. The second-order valence-corrected chi connectivity index (χ2v) is 5.78. The summed E-state index contributed by atoms with van der Waals surface area (Å²) >= 11 is 0. The quantitative estimate of drug-likeness (QED) is 0.762. The van der Waals surface area contributed by atoms with E-state index in [2.05, 4.69) is 15.1 Å². The highest BCUT2D eigenvalue weighted by Gasteiger charge is 2.30. The van der Waals surface area contributed by atoms with Crippen molar-refractivity contribution in [3.05, 3.63) is 0 Å². The van der Waals surface area contributed by atoms with Gasteiger partial charge in [-0.2, -0.15) is 0 Å². The molecule has 0 aromatic rings. The molecule has 3 nitrogen and oxygen atoms in total. The van der Waals surface area contributed by atoms with Crippen molar-refractivity contribution in [1.29, 1.82) is 0 Å². The molecule has 1 N–H and O–H groups in total. The van der Waals surface area contributed by atoms with E-state index in [4.69, 9.17) is 0 Å². The summed E-state index contributed by atoms with van der Waals surface area (Å²) in [5, 5.41) is 3.44. The van der Waals surface area contributed by atoms with Gasteiger partial charge in [0, 0.05) is 45.3 Å². The molecule has 0 amide bonds. The molecule has 3 rings (SSSR count). The molecule has 92 valence electrons. The summed E-state index contributed by atoms with van der Waals surface area (Å²) < 4.78 is 0. The molecular weight excluding hydrogens is 198 g/mol. The summed E-state index contributed by atoms with van der Waals surface area (Å²) in [4.78, 5) is 5.42. The first-order chi connectivity index (χ1) is 7.92. The predicted molar refractivity (Wildman–Crippen MR) is 66.6 cm³/mol. The van der Waals surface area contributed by atoms with Crippen LogP contribution in [0.15, 0.2) is 0 Å². The second-order valence-electron chi connectivity index (χ2n) is 5.78. The van der Waals surface area contributed by atoms with E-state index >= 15 is 0 Å². The SMILES string of the molecule is C1CC(CN2CCC(N3CCNCC3)C2)C1. The Morgan fingerprint density at radius 3 is 2.50 bits per heavy atom. The van der Waals surface area contributed by atoms with E-state index in [-0.39, 0.29) is 0 Å². The third-order valence-corrected chi connectivity index (χ3v) is 4.66. The van der Waals surface area contributed by atoms with Crippen LogP contribution < -0.4 is 5.32 Å². The second kappa shape index (κ2) is 5.03. The summed E-state index contributed by atoms with van der Waals surface area (Å²) in [6.45, 7) is 9.01. The number of likely N-dealkylation sites (tertiary alicyclic amines) is 1. The van der Waals surface area contributed by atoms with Gasteiger partial charge in [-0.15, -0.1) is 0 Å². The fourth-order valence-corrected chi connectivity index (χ4v) is 3.36. The molecule has 1 saturated carbocycles. The van der Waals surface area contributed by atoms with Gasteiger partial charge < -0.3 is 10.2 Å². The van der Waals surface area contributed by atoms with E-state index in [9.17, 15) is 0 Å². The molecule has 1 atom stereocenters. The third kappa shape index (κ3) is 2.41. The maximum atomic E-state index is 3.44. The van der Waals surface area contributed by atoms with Gasteiger partial charge >= 0.3 is 0 Å². The normalized spacial score (nSPS) is 34.1. The lowest BCUT2D eigenvalue weighted by atomic mass is 9.85. The summed E-state index contributed by atoms with van der Waals surface area (Å²) in [6, 6.07) is 0.863. The largest absolute Gasteiger partial charge is 0.314 e. The maximum Gasteiger partial charge on any atom is 0.0236 e. The molecule has 3 heteroatoms. The van der Waals surface area contributed by atoms with Gasteiger partial charge in [0.1, 0.15) is 0 Å². The first-order valence-electron chi connectivity index (χ1n) is 7.09. The minimum atomic E-state index is 0.863. The maximum absolute atomic E-state index is 3.44. The standard InChI is InChI=1S/C13H25N3/c1-2-12(3-1)10-15-7-4-13(11-15)16-8-5-14-6-9-16/h12-14H,1-11H2. The summed E-state index contributed by atoms with van der Waals surface area (Å²) in [5.74, 6) is 1.04. The van der Waals surface area contributed by atoms with Crippen LogP contribution in [-0.4, -0.2) is 61.7 Å². The van der Waals surface area contributed by atoms with Crippen molar-refractivity contribution in [2.24, 2.45) is 5.92 Å². The van der Waals surface area contributed by atoms with Crippen molar-refractivity contribution in [2.75, 3.05) is 45.8 Å². The Labute approximate surface area is 99.2 Å². The zero-order chi connectivity index (χ0) is 10.8. The molecule has 0 spiro atoms. The van der Waals surface area contributed by atoms with Crippen LogP contribution in [0.5, 0.6) is 0 Å².